The van der Waals surface area contributed by atoms with Crippen LogP contribution in [0.15, 0.2) is 29.2 Å². The lowest BCUT2D eigenvalue weighted by molar-refractivity contribution is 0.0893. The lowest BCUT2D eigenvalue weighted by Crippen LogP contribution is -2.30. The van der Waals surface area contributed by atoms with E-state index in [1.807, 2.05) is 6.07 Å². The number of nitriles is 1. The molecule has 1 heterocycles. The molecule has 2 unspecified atom stereocenters. The van der Waals surface area contributed by atoms with Crippen LogP contribution in [0.2, 0.25) is 0 Å². The number of rotatable bonds is 3. The van der Waals surface area contributed by atoms with Crippen molar-refractivity contribution in [2.45, 2.75) is 10.9 Å². The number of primary sulfonamides is 1. The lowest BCUT2D eigenvalue weighted by atomic mass is 10.2. The zero-order valence-electron chi connectivity index (χ0n) is 9.20. The van der Waals surface area contributed by atoms with E-state index < -0.39 is 15.9 Å². The minimum atomic E-state index is -3.75. The molecule has 1 fully saturated rings. The first-order valence-electron chi connectivity index (χ1n) is 5.02. The van der Waals surface area contributed by atoms with Gasteiger partial charge in [-0.05, 0) is 24.3 Å². The predicted octanol–water partition coefficient (Wildman–Crippen LogP) is -0.813. The molecule has 1 amide bonds. The summed E-state index contributed by atoms with van der Waals surface area (Å²) in [6, 6.07) is 6.95. The molecule has 0 bridgehead atoms. The van der Waals surface area contributed by atoms with E-state index in [1.54, 1.807) is 0 Å². The summed E-state index contributed by atoms with van der Waals surface area (Å²) < 4.78 is 22.0. The fraction of sp³-hybridized carbons (Fsp3) is 0.200. The minimum Gasteiger partial charge on any atom is -0.283 e. The van der Waals surface area contributed by atoms with Crippen LogP contribution < -0.4 is 10.6 Å². The zero-order valence-corrected chi connectivity index (χ0v) is 10.0. The molecule has 8 heteroatoms. The summed E-state index contributed by atoms with van der Waals surface area (Å²) in [4.78, 5) is 11.6. The van der Waals surface area contributed by atoms with Gasteiger partial charge in [-0.3, -0.25) is 10.2 Å². The van der Waals surface area contributed by atoms with Gasteiger partial charge in [0.25, 0.3) is 5.91 Å². The van der Waals surface area contributed by atoms with E-state index in [9.17, 15) is 13.2 Å². The number of sulfonamides is 1. The Bertz CT molecular complexity index is 618. The van der Waals surface area contributed by atoms with Crippen LogP contribution >= 0.6 is 0 Å². The van der Waals surface area contributed by atoms with E-state index in [2.05, 4.69) is 5.43 Å². The largest absolute Gasteiger partial charge is 0.283 e. The third-order valence-corrected chi connectivity index (χ3v) is 3.38. The van der Waals surface area contributed by atoms with Gasteiger partial charge >= 0.3 is 0 Å². The number of carbonyl (C=O) groups excluding carboxylic acids is 1. The first-order valence-corrected chi connectivity index (χ1v) is 6.56. The number of hydrogen-bond donors (Lipinski definition) is 2. The highest BCUT2D eigenvalue weighted by molar-refractivity contribution is 7.89. The van der Waals surface area contributed by atoms with Crippen molar-refractivity contribution in [3.63, 3.8) is 0 Å². The highest BCUT2D eigenvalue weighted by Gasteiger charge is 2.35. The molecule has 0 aromatic heterocycles. The van der Waals surface area contributed by atoms with Crippen LogP contribution in [0, 0.1) is 11.3 Å². The normalized spacial score (nSPS) is 22.0. The predicted molar refractivity (Wildman–Crippen MR) is 61.4 cm³/mol. The maximum Gasteiger partial charge on any atom is 0.265 e. The Hall–Kier alpha value is -1.95. The second kappa shape index (κ2) is 4.38. The number of hydrazine groups is 1. The lowest BCUT2D eigenvalue weighted by Gasteiger charge is -2.05. The van der Waals surface area contributed by atoms with Crippen molar-refractivity contribution in [2.24, 2.45) is 5.14 Å². The molecular formula is C10H10N4O3S. The van der Waals surface area contributed by atoms with Crippen LogP contribution in [-0.4, -0.2) is 31.9 Å². The molecule has 94 valence electrons. The molecule has 1 aromatic carbocycles. The molecule has 18 heavy (non-hydrogen) atoms. The third kappa shape index (κ3) is 2.65. The van der Waals surface area contributed by atoms with E-state index in [0.717, 1.165) is 0 Å². The Balaban J connectivity index is 2.06. The maximum atomic E-state index is 11.7. The molecule has 1 saturated heterocycles. The van der Waals surface area contributed by atoms with Gasteiger partial charge in [0.1, 0.15) is 6.04 Å². The monoisotopic (exact) mass is 266 g/mol. The number of carbonyl (C=O) groups is 1. The fourth-order valence-corrected chi connectivity index (χ4v) is 1.88. The number of nitrogens with two attached hydrogens (primary N) is 1. The Kier molecular flexibility index (Phi) is 3.04. The summed E-state index contributed by atoms with van der Waals surface area (Å²) in [5.41, 5.74) is 2.82. The third-order valence-electron chi connectivity index (χ3n) is 2.45. The van der Waals surface area contributed by atoms with Crippen molar-refractivity contribution in [3.05, 3.63) is 29.8 Å². The Morgan fingerprint density at radius 3 is 2.50 bits per heavy atom. The maximum absolute atomic E-state index is 11.7. The SMILES string of the molecule is N#CC1CN1NC(=O)c1ccc(S(N)(=O)=O)cc1. The minimum absolute atomic E-state index is 0.0549. The van der Waals surface area contributed by atoms with E-state index >= 15 is 0 Å². The fourth-order valence-electron chi connectivity index (χ4n) is 1.36. The van der Waals surface area contributed by atoms with Crippen LogP contribution in [-0.2, 0) is 10.0 Å². The van der Waals surface area contributed by atoms with Gasteiger partial charge in [-0.15, -0.1) is 0 Å². The number of amides is 1. The second-order valence-electron chi connectivity index (χ2n) is 3.81. The smallest absolute Gasteiger partial charge is 0.265 e. The molecule has 0 aliphatic carbocycles. The summed E-state index contributed by atoms with van der Waals surface area (Å²) in [6.45, 7) is 0.498. The molecule has 0 spiro atoms. The van der Waals surface area contributed by atoms with Crippen molar-refractivity contribution in [2.75, 3.05) is 6.54 Å². The first kappa shape index (κ1) is 12.5. The van der Waals surface area contributed by atoms with Crippen LogP contribution in [0.1, 0.15) is 10.4 Å². The molecule has 2 rings (SSSR count). The van der Waals surface area contributed by atoms with Crippen molar-refractivity contribution in [1.29, 1.82) is 5.26 Å². The summed E-state index contributed by atoms with van der Waals surface area (Å²) in [7, 11) is -3.75. The summed E-state index contributed by atoms with van der Waals surface area (Å²) in [5.74, 6) is -0.395. The van der Waals surface area contributed by atoms with Crippen molar-refractivity contribution in [1.82, 2.24) is 10.4 Å². The average Bonchev–Trinajstić information content (AvgIpc) is 3.06. The number of hydrogen-bond acceptors (Lipinski definition) is 5. The molecule has 3 N–H and O–H groups in total. The molecule has 1 aliphatic rings. The van der Waals surface area contributed by atoms with E-state index in [4.69, 9.17) is 10.4 Å². The van der Waals surface area contributed by atoms with Gasteiger partial charge in [0.15, 0.2) is 0 Å². The molecule has 2 atom stereocenters. The van der Waals surface area contributed by atoms with Gasteiger partial charge in [0, 0.05) is 5.56 Å². The van der Waals surface area contributed by atoms with Crippen LogP contribution in [0.3, 0.4) is 0 Å². The molecule has 0 saturated carbocycles. The van der Waals surface area contributed by atoms with Gasteiger partial charge < -0.3 is 0 Å². The standard InChI is InChI=1S/C10H10N4O3S/c11-5-8-6-14(8)13-10(15)7-1-3-9(4-2-7)18(12,16)17/h1-4,8H,6H2,(H,13,15)(H2,12,16,17). The van der Waals surface area contributed by atoms with Gasteiger partial charge in [0.05, 0.1) is 17.5 Å². The van der Waals surface area contributed by atoms with E-state index in [1.165, 1.54) is 29.3 Å². The second-order valence-corrected chi connectivity index (χ2v) is 5.37. The average molecular weight is 266 g/mol. The number of benzene rings is 1. The van der Waals surface area contributed by atoms with E-state index in [-0.39, 0.29) is 10.9 Å². The Labute approximate surface area is 104 Å². The van der Waals surface area contributed by atoms with Gasteiger partial charge in [-0.2, -0.15) is 10.3 Å². The summed E-state index contributed by atoms with van der Waals surface area (Å²) >= 11 is 0. The highest BCUT2D eigenvalue weighted by atomic mass is 32.2. The summed E-state index contributed by atoms with van der Waals surface area (Å²) in [5, 5.41) is 15.0. The number of nitrogens with one attached hydrogen (secondary N) is 1. The molecule has 1 aliphatic heterocycles. The first-order chi connectivity index (χ1) is 8.41. The van der Waals surface area contributed by atoms with Crippen molar-refractivity contribution < 1.29 is 13.2 Å². The Morgan fingerprint density at radius 1 is 1.44 bits per heavy atom. The zero-order chi connectivity index (χ0) is 13.3. The summed E-state index contributed by atoms with van der Waals surface area (Å²) in [6.07, 6.45) is 0. The van der Waals surface area contributed by atoms with Crippen molar-refractivity contribution in [3.8, 4) is 6.07 Å². The Morgan fingerprint density at radius 2 is 2.06 bits per heavy atom. The van der Waals surface area contributed by atoms with Crippen LogP contribution in [0.4, 0.5) is 0 Å². The van der Waals surface area contributed by atoms with E-state index in [0.29, 0.717) is 12.1 Å². The quantitative estimate of drug-likeness (QED) is 0.694. The highest BCUT2D eigenvalue weighted by Crippen LogP contribution is 2.13. The van der Waals surface area contributed by atoms with Crippen LogP contribution in [0.5, 0.6) is 0 Å². The molecule has 7 nitrogen and oxygen atoms in total. The van der Waals surface area contributed by atoms with Crippen molar-refractivity contribution >= 4 is 15.9 Å². The topological polar surface area (TPSA) is 116 Å². The molecular weight excluding hydrogens is 256 g/mol. The van der Waals surface area contributed by atoms with Gasteiger partial charge in [0.2, 0.25) is 10.0 Å². The van der Waals surface area contributed by atoms with Crippen LogP contribution in [0.25, 0.3) is 0 Å². The van der Waals surface area contributed by atoms with Gasteiger partial charge in [-0.25, -0.2) is 13.6 Å². The number of nitrogens with zero attached hydrogens (tertiary/aromatic N) is 2. The molecule has 1 aromatic rings. The van der Waals surface area contributed by atoms with Gasteiger partial charge in [-0.1, -0.05) is 0 Å². The molecule has 0 radical (unpaired) electrons.